The molecule has 2 aromatic rings. The van der Waals surface area contributed by atoms with Crippen molar-refractivity contribution in [1.82, 2.24) is 0 Å². The molecule has 2 rings (SSSR count). The van der Waals surface area contributed by atoms with Crippen LogP contribution in [0.25, 0.3) is 0 Å². The number of nitrogens with zero attached hydrogens (tertiary/aromatic N) is 1. The monoisotopic (exact) mass is 468 g/mol. The first-order valence-corrected chi connectivity index (χ1v) is 8.51. The molecule has 2 aromatic carbocycles. The van der Waals surface area contributed by atoms with Gasteiger partial charge in [0.05, 0.1) is 22.2 Å². The van der Waals surface area contributed by atoms with Gasteiger partial charge in [-0.05, 0) is 59.0 Å². The average molecular weight is 468 g/mol. The third-order valence-corrected chi connectivity index (χ3v) is 4.46. The van der Waals surface area contributed by atoms with Crippen molar-refractivity contribution in [2.45, 2.75) is 4.90 Å². The molecule has 0 unspecified atom stereocenters. The van der Waals surface area contributed by atoms with Crippen molar-refractivity contribution in [2.24, 2.45) is 0 Å². The second kappa shape index (κ2) is 9.33. The van der Waals surface area contributed by atoms with E-state index >= 15 is 0 Å². The van der Waals surface area contributed by atoms with E-state index in [2.05, 4.69) is 27.9 Å². The molecule has 0 fully saturated rings. The SMILES string of the molecule is N#Cc1ccc(I)c(NCOc2cccc(S(=O)(=O)[O-])c2)c1.[K+]. The second-order valence-corrected chi connectivity index (χ2v) is 6.74. The molecule has 0 radical (unpaired) electrons. The number of anilines is 1. The molecule has 0 aromatic heterocycles. The fourth-order valence-electron chi connectivity index (χ4n) is 1.65. The summed E-state index contributed by atoms with van der Waals surface area (Å²) in [5, 5.41) is 11.9. The van der Waals surface area contributed by atoms with Gasteiger partial charge in [0.1, 0.15) is 15.9 Å². The van der Waals surface area contributed by atoms with E-state index in [1.54, 1.807) is 24.3 Å². The zero-order valence-corrected chi connectivity index (χ0v) is 18.2. The number of rotatable bonds is 5. The van der Waals surface area contributed by atoms with E-state index in [1.807, 2.05) is 6.07 Å². The van der Waals surface area contributed by atoms with Crippen molar-refractivity contribution in [2.75, 3.05) is 12.0 Å². The Kier molecular flexibility index (Phi) is 8.46. The zero-order chi connectivity index (χ0) is 16.2. The molecule has 0 saturated carbocycles. The summed E-state index contributed by atoms with van der Waals surface area (Å²) < 4.78 is 39.1. The van der Waals surface area contributed by atoms with E-state index in [-0.39, 0.29) is 68.8 Å². The van der Waals surface area contributed by atoms with Gasteiger partial charge in [0, 0.05) is 3.57 Å². The Morgan fingerprint density at radius 2 is 2.00 bits per heavy atom. The topological polar surface area (TPSA) is 102 Å². The third kappa shape index (κ3) is 6.31. The van der Waals surface area contributed by atoms with E-state index in [1.165, 1.54) is 18.2 Å². The fraction of sp³-hybridized carbons (Fsp3) is 0.0714. The first kappa shape index (κ1) is 20.9. The van der Waals surface area contributed by atoms with Crippen LogP contribution in [0.4, 0.5) is 5.69 Å². The van der Waals surface area contributed by atoms with Gasteiger partial charge in [-0.25, -0.2) is 8.42 Å². The van der Waals surface area contributed by atoms with Crippen molar-refractivity contribution >= 4 is 38.4 Å². The van der Waals surface area contributed by atoms with Crippen LogP contribution in [-0.2, 0) is 10.1 Å². The van der Waals surface area contributed by atoms with E-state index in [4.69, 9.17) is 10.00 Å². The quantitative estimate of drug-likeness (QED) is 0.275. The molecular formula is C14H10IKN2O4S. The van der Waals surface area contributed by atoms with Crippen LogP contribution in [-0.4, -0.2) is 19.7 Å². The molecule has 0 aliphatic carbocycles. The Balaban J connectivity index is 0.00000264. The Hall–Kier alpha value is -0.194. The largest absolute Gasteiger partial charge is 1.00 e. The molecule has 0 bridgehead atoms. The summed E-state index contributed by atoms with van der Waals surface area (Å²) in [7, 11) is -4.51. The molecule has 114 valence electrons. The van der Waals surface area contributed by atoms with Crippen molar-refractivity contribution in [3.05, 3.63) is 51.6 Å². The molecule has 0 aliphatic heterocycles. The average Bonchev–Trinajstić information content (AvgIpc) is 2.48. The van der Waals surface area contributed by atoms with Gasteiger partial charge in [-0.2, -0.15) is 5.26 Å². The van der Waals surface area contributed by atoms with Gasteiger partial charge in [-0.3, -0.25) is 0 Å². The molecule has 23 heavy (non-hydrogen) atoms. The fourth-order valence-corrected chi connectivity index (χ4v) is 2.68. The molecule has 0 heterocycles. The zero-order valence-electron chi connectivity index (χ0n) is 12.1. The minimum atomic E-state index is -4.51. The van der Waals surface area contributed by atoms with E-state index in [0.717, 1.165) is 9.26 Å². The van der Waals surface area contributed by atoms with Gasteiger partial charge in [0.2, 0.25) is 0 Å². The van der Waals surface area contributed by atoms with Gasteiger partial charge in [0.25, 0.3) is 0 Å². The van der Waals surface area contributed by atoms with Crippen LogP contribution in [0, 0.1) is 14.9 Å². The van der Waals surface area contributed by atoms with Gasteiger partial charge >= 0.3 is 51.4 Å². The number of hydrogen-bond acceptors (Lipinski definition) is 6. The Morgan fingerprint density at radius 3 is 2.65 bits per heavy atom. The Labute approximate surface area is 190 Å². The van der Waals surface area contributed by atoms with E-state index in [9.17, 15) is 13.0 Å². The molecule has 0 saturated heterocycles. The van der Waals surface area contributed by atoms with Crippen LogP contribution in [0.3, 0.4) is 0 Å². The van der Waals surface area contributed by atoms with Crippen LogP contribution in [0.1, 0.15) is 5.56 Å². The first-order chi connectivity index (χ1) is 10.4. The van der Waals surface area contributed by atoms with E-state index in [0.29, 0.717) is 5.56 Å². The van der Waals surface area contributed by atoms with Crippen LogP contribution in [0.5, 0.6) is 5.75 Å². The Morgan fingerprint density at radius 1 is 1.26 bits per heavy atom. The van der Waals surface area contributed by atoms with Crippen molar-refractivity contribution in [3.63, 3.8) is 0 Å². The number of nitrogens with one attached hydrogen (secondary N) is 1. The molecule has 9 heteroatoms. The summed E-state index contributed by atoms with van der Waals surface area (Å²) in [5.74, 6) is 0.260. The number of nitriles is 1. The summed E-state index contributed by atoms with van der Waals surface area (Å²) in [6.45, 7) is 0.0627. The predicted molar refractivity (Wildman–Crippen MR) is 87.4 cm³/mol. The minimum absolute atomic E-state index is 0. The molecule has 0 atom stereocenters. The van der Waals surface area contributed by atoms with Crippen LogP contribution in [0.2, 0.25) is 0 Å². The van der Waals surface area contributed by atoms with Crippen molar-refractivity contribution in [1.29, 1.82) is 5.26 Å². The van der Waals surface area contributed by atoms with Crippen LogP contribution >= 0.6 is 22.6 Å². The van der Waals surface area contributed by atoms with Gasteiger partial charge in [0.15, 0.2) is 6.73 Å². The number of halogens is 1. The normalized spacial score (nSPS) is 10.3. The smallest absolute Gasteiger partial charge is 0.744 e. The molecule has 0 aliphatic rings. The van der Waals surface area contributed by atoms with Gasteiger partial charge in [-0.1, -0.05) is 6.07 Å². The van der Waals surface area contributed by atoms with Crippen molar-refractivity contribution in [3.8, 4) is 11.8 Å². The number of ether oxygens (including phenoxy) is 1. The second-order valence-electron chi connectivity index (χ2n) is 4.20. The molecule has 0 amide bonds. The number of hydrogen-bond donors (Lipinski definition) is 1. The summed E-state index contributed by atoms with van der Waals surface area (Å²) >= 11 is 2.12. The van der Waals surface area contributed by atoms with Gasteiger partial charge < -0.3 is 14.6 Å². The molecule has 1 N–H and O–H groups in total. The number of benzene rings is 2. The maximum Gasteiger partial charge on any atom is 1.00 e. The maximum absolute atomic E-state index is 10.9. The summed E-state index contributed by atoms with van der Waals surface area (Å²) in [4.78, 5) is -0.342. The molecular weight excluding hydrogens is 458 g/mol. The first-order valence-electron chi connectivity index (χ1n) is 6.02. The summed E-state index contributed by atoms with van der Waals surface area (Å²) in [5.41, 5.74) is 1.25. The van der Waals surface area contributed by atoms with Crippen molar-refractivity contribution < 1.29 is 69.1 Å². The van der Waals surface area contributed by atoms with Crippen LogP contribution < -0.4 is 61.4 Å². The predicted octanol–water partition coefficient (Wildman–Crippen LogP) is -0.481. The maximum atomic E-state index is 10.9. The Bertz CT molecular complexity index is 837. The summed E-state index contributed by atoms with van der Waals surface area (Å²) in [6, 6.07) is 12.6. The summed E-state index contributed by atoms with van der Waals surface area (Å²) in [6.07, 6.45) is 0. The molecule has 0 spiro atoms. The third-order valence-electron chi connectivity index (χ3n) is 2.69. The standard InChI is InChI=1S/C14H11IN2O4S.K/c15-13-5-4-10(8-16)6-14(13)17-9-21-11-2-1-3-12(7-11)22(18,19)20;/h1-7,17H,9H2,(H,18,19,20);/q;+1/p-1. The van der Waals surface area contributed by atoms with Gasteiger partial charge in [-0.15, -0.1) is 0 Å². The minimum Gasteiger partial charge on any atom is -0.744 e. The molecule has 6 nitrogen and oxygen atoms in total. The van der Waals surface area contributed by atoms with Crippen LogP contribution in [0.15, 0.2) is 47.4 Å². The van der Waals surface area contributed by atoms with E-state index < -0.39 is 10.1 Å².